The van der Waals surface area contributed by atoms with Gasteiger partial charge in [0.05, 0.1) is 6.61 Å². The Labute approximate surface area is 119 Å². The Balaban J connectivity index is 2.75. The fourth-order valence-electron chi connectivity index (χ4n) is 1.77. The van der Waals surface area contributed by atoms with Gasteiger partial charge >= 0.3 is 0 Å². The molecule has 1 aromatic carbocycles. The lowest BCUT2D eigenvalue weighted by Gasteiger charge is -2.28. The summed E-state index contributed by atoms with van der Waals surface area (Å²) in [6, 6.07) is 9.24. The minimum Gasteiger partial charge on any atom is -0.383 e. The molecule has 0 aliphatic heterocycles. The number of rotatable bonds is 6. The summed E-state index contributed by atoms with van der Waals surface area (Å²) in [5, 5.41) is 2.70. The molecule has 0 bridgehead atoms. The van der Waals surface area contributed by atoms with Crippen LogP contribution in [0.2, 0.25) is 0 Å². The molecule has 5 nitrogen and oxygen atoms in total. The molecule has 1 aromatic rings. The van der Waals surface area contributed by atoms with E-state index in [1.807, 2.05) is 30.3 Å². The lowest BCUT2D eigenvalue weighted by atomic mass is 9.90. The minimum atomic E-state index is -1.13. The zero-order valence-corrected chi connectivity index (χ0v) is 12.5. The molecule has 0 aliphatic carbocycles. The van der Waals surface area contributed by atoms with Crippen molar-refractivity contribution < 1.29 is 14.3 Å². The Morgan fingerprint density at radius 2 is 1.85 bits per heavy atom. The van der Waals surface area contributed by atoms with Crippen LogP contribution in [0.5, 0.6) is 0 Å². The molecule has 2 amide bonds. The predicted octanol–water partition coefficient (Wildman–Crippen LogP) is 1.44. The van der Waals surface area contributed by atoms with Gasteiger partial charge in [-0.3, -0.25) is 9.59 Å². The standard InChI is InChI=1S/C15H22N2O3/c1-15(2,13(18)16-10-11-20-4)14(19)17(3)12-8-6-5-7-9-12/h5-9H,10-11H2,1-4H3,(H,16,18). The van der Waals surface area contributed by atoms with Gasteiger partial charge in [-0.05, 0) is 26.0 Å². The number of ether oxygens (including phenoxy) is 1. The van der Waals surface area contributed by atoms with Crippen molar-refractivity contribution in [3.63, 3.8) is 0 Å². The Bertz CT molecular complexity index is 457. The molecule has 0 fully saturated rings. The van der Waals surface area contributed by atoms with Crippen molar-refractivity contribution in [2.45, 2.75) is 13.8 Å². The maximum absolute atomic E-state index is 12.5. The Hall–Kier alpha value is -1.88. The summed E-state index contributed by atoms with van der Waals surface area (Å²) in [6.45, 7) is 4.06. The van der Waals surface area contributed by atoms with Crippen molar-refractivity contribution in [2.75, 3.05) is 32.2 Å². The number of hydrogen-bond acceptors (Lipinski definition) is 3. The van der Waals surface area contributed by atoms with Crippen molar-refractivity contribution in [1.82, 2.24) is 5.32 Å². The molecule has 0 saturated carbocycles. The number of nitrogens with one attached hydrogen (secondary N) is 1. The van der Waals surface area contributed by atoms with Gasteiger partial charge in [0.25, 0.3) is 0 Å². The van der Waals surface area contributed by atoms with Crippen LogP contribution in [-0.4, -0.2) is 39.1 Å². The van der Waals surface area contributed by atoms with Crippen molar-refractivity contribution in [3.8, 4) is 0 Å². The summed E-state index contributed by atoms with van der Waals surface area (Å²) in [4.78, 5) is 26.1. The molecule has 1 rings (SSSR count). The van der Waals surface area contributed by atoms with Crippen LogP contribution in [-0.2, 0) is 14.3 Å². The van der Waals surface area contributed by atoms with Gasteiger partial charge in [0.2, 0.25) is 11.8 Å². The Morgan fingerprint density at radius 1 is 1.25 bits per heavy atom. The molecule has 0 radical (unpaired) electrons. The molecule has 20 heavy (non-hydrogen) atoms. The number of methoxy groups -OCH3 is 1. The third-order valence-electron chi connectivity index (χ3n) is 3.14. The van der Waals surface area contributed by atoms with Gasteiger partial charge in [-0.2, -0.15) is 0 Å². The second-order valence-corrected chi connectivity index (χ2v) is 5.07. The summed E-state index contributed by atoms with van der Waals surface area (Å²) in [6.07, 6.45) is 0. The topological polar surface area (TPSA) is 58.6 Å². The van der Waals surface area contributed by atoms with E-state index in [-0.39, 0.29) is 11.8 Å². The van der Waals surface area contributed by atoms with E-state index < -0.39 is 5.41 Å². The first-order valence-corrected chi connectivity index (χ1v) is 6.51. The summed E-state index contributed by atoms with van der Waals surface area (Å²) in [5.74, 6) is -0.555. The van der Waals surface area contributed by atoms with Crippen LogP contribution < -0.4 is 10.2 Å². The molecule has 0 heterocycles. The maximum Gasteiger partial charge on any atom is 0.241 e. The number of hydrogen-bond donors (Lipinski definition) is 1. The average Bonchev–Trinajstić information content (AvgIpc) is 2.46. The molecule has 0 aromatic heterocycles. The second kappa shape index (κ2) is 7.05. The van der Waals surface area contributed by atoms with E-state index >= 15 is 0 Å². The van der Waals surface area contributed by atoms with Gasteiger partial charge in [-0.15, -0.1) is 0 Å². The minimum absolute atomic E-state index is 0.251. The SMILES string of the molecule is COCCNC(=O)C(C)(C)C(=O)N(C)c1ccccc1. The first kappa shape index (κ1) is 16.2. The first-order valence-electron chi connectivity index (χ1n) is 6.51. The number of para-hydroxylation sites is 1. The Morgan fingerprint density at radius 3 is 2.40 bits per heavy atom. The molecular weight excluding hydrogens is 256 g/mol. The molecular formula is C15H22N2O3. The second-order valence-electron chi connectivity index (χ2n) is 5.07. The van der Waals surface area contributed by atoms with Crippen LogP contribution in [0.25, 0.3) is 0 Å². The van der Waals surface area contributed by atoms with Crippen molar-refractivity contribution >= 4 is 17.5 Å². The van der Waals surface area contributed by atoms with Gasteiger partial charge < -0.3 is 15.0 Å². The summed E-state index contributed by atoms with van der Waals surface area (Å²) < 4.78 is 4.87. The van der Waals surface area contributed by atoms with Gasteiger partial charge in [0, 0.05) is 26.4 Å². The third-order valence-corrected chi connectivity index (χ3v) is 3.14. The van der Waals surface area contributed by atoms with E-state index in [1.54, 1.807) is 28.0 Å². The predicted molar refractivity (Wildman–Crippen MR) is 78.5 cm³/mol. The molecule has 5 heteroatoms. The monoisotopic (exact) mass is 278 g/mol. The molecule has 0 spiro atoms. The molecule has 110 valence electrons. The summed E-state index contributed by atoms with van der Waals surface area (Å²) in [5.41, 5.74) is -0.367. The zero-order chi connectivity index (χ0) is 15.2. The number of carbonyl (C=O) groups is 2. The van der Waals surface area contributed by atoms with Crippen molar-refractivity contribution in [3.05, 3.63) is 30.3 Å². The normalized spacial score (nSPS) is 11.0. The molecule has 0 atom stereocenters. The highest BCUT2D eigenvalue weighted by Crippen LogP contribution is 2.22. The number of amides is 2. The number of nitrogens with zero attached hydrogens (tertiary/aromatic N) is 1. The van der Waals surface area contributed by atoms with Gasteiger partial charge in [-0.1, -0.05) is 18.2 Å². The molecule has 0 aliphatic rings. The van der Waals surface area contributed by atoms with E-state index in [0.717, 1.165) is 5.69 Å². The zero-order valence-electron chi connectivity index (χ0n) is 12.5. The van der Waals surface area contributed by atoms with Crippen molar-refractivity contribution in [1.29, 1.82) is 0 Å². The van der Waals surface area contributed by atoms with Crippen LogP contribution in [0.3, 0.4) is 0 Å². The average molecular weight is 278 g/mol. The van der Waals surface area contributed by atoms with Gasteiger partial charge in [0.15, 0.2) is 0 Å². The highest BCUT2D eigenvalue weighted by Gasteiger charge is 2.38. The fourth-order valence-corrected chi connectivity index (χ4v) is 1.77. The lowest BCUT2D eigenvalue weighted by Crippen LogP contribution is -2.49. The smallest absolute Gasteiger partial charge is 0.241 e. The molecule has 1 N–H and O–H groups in total. The highest BCUT2D eigenvalue weighted by molar-refractivity contribution is 6.10. The first-order chi connectivity index (χ1) is 9.41. The van der Waals surface area contributed by atoms with Gasteiger partial charge in [-0.25, -0.2) is 0 Å². The van der Waals surface area contributed by atoms with E-state index in [2.05, 4.69) is 5.32 Å². The molecule has 0 unspecified atom stereocenters. The number of carbonyl (C=O) groups excluding carboxylic acids is 2. The fraction of sp³-hybridized carbons (Fsp3) is 0.467. The van der Waals surface area contributed by atoms with Crippen molar-refractivity contribution in [2.24, 2.45) is 5.41 Å². The van der Waals surface area contributed by atoms with Crippen LogP contribution in [0.4, 0.5) is 5.69 Å². The number of benzene rings is 1. The quantitative estimate of drug-likeness (QED) is 0.633. The summed E-state index contributed by atoms with van der Waals surface area (Å²) >= 11 is 0. The maximum atomic E-state index is 12.5. The third kappa shape index (κ3) is 3.81. The van der Waals surface area contributed by atoms with E-state index in [0.29, 0.717) is 13.2 Å². The van der Waals surface area contributed by atoms with Gasteiger partial charge in [0.1, 0.15) is 5.41 Å². The highest BCUT2D eigenvalue weighted by atomic mass is 16.5. The van der Waals surface area contributed by atoms with Crippen LogP contribution >= 0.6 is 0 Å². The van der Waals surface area contributed by atoms with E-state index in [1.165, 1.54) is 4.90 Å². The number of anilines is 1. The Kier molecular flexibility index (Phi) is 5.70. The van der Waals surface area contributed by atoms with E-state index in [9.17, 15) is 9.59 Å². The molecule has 0 saturated heterocycles. The van der Waals surface area contributed by atoms with E-state index in [4.69, 9.17) is 4.74 Å². The van der Waals surface area contributed by atoms with Crippen LogP contribution in [0.1, 0.15) is 13.8 Å². The summed E-state index contributed by atoms with van der Waals surface area (Å²) in [7, 11) is 3.23. The van der Waals surface area contributed by atoms with Crippen LogP contribution in [0, 0.1) is 5.41 Å². The largest absolute Gasteiger partial charge is 0.383 e. The van der Waals surface area contributed by atoms with Crippen LogP contribution in [0.15, 0.2) is 30.3 Å². The lowest BCUT2D eigenvalue weighted by molar-refractivity contribution is -0.139.